The first-order chi connectivity index (χ1) is 9.88. The van der Waals surface area contributed by atoms with Crippen molar-refractivity contribution in [3.05, 3.63) is 50.2 Å². The van der Waals surface area contributed by atoms with Crippen LogP contribution in [-0.4, -0.2) is 20.6 Å². The number of nitrogens with one attached hydrogen (secondary N) is 1. The number of hydrogen-bond acceptors (Lipinski definition) is 4. The van der Waals surface area contributed by atoms with E-state index in [9.17, 15) is 14.9 Å². The van der Waals surface area contributed by atoms with Crippen LogP contribution in [0, 0.1) is 24.0 Å². The number of carbonyl (C=O) groups excluding carboxylic acids is 1. The molecule has 21 heavy (non-hydrogen) atoms. The molecule has 0 radical (unpaired) electrons. The van der Waals surface area contributed by atoms with Gasteiger partial charge in [0.2, 0.25) is 5.91 Å². The van der Waals surface area contributed by atoms with Gasteiger partial charge in [0, 0.05) is 10.2 Å². The minimum absolute atomic E-state index is 0.0507. The smallest absolute Gasteiger partial charge is 0.312 e. The van der Waals surface area contributed by atoms with Crippen LogP contribution >= 0.6 is 15.9 Å². The van der Waals surface area contributed by atoms with E-state index in [2.05, 4.69) is 26.3 Å². The van der Waals surface area contributed by atoms with Crippen LogP contribution in [0.25, 0.3) is 0 Å². The van der Waals surface area contributed by atoms with Crippen molar-refractivity contribution >= 4 is 33.2 Å². The molecular weight excluding hydrogens is 340 g/mol. The van der Waals surface area contributed by atoms with Gasteiger partial charge in [0.25, 0.3) is 0 Å². The number of halogens is 1. The Balaban J connectivity index is 2.13. The highest BCUT2D eigenvalue weighted by Gasteiger charge is 2.22. The molecule has 1 aromatic carbocycles. The predicted octanol–water partition coefficient (Wildman–Crippen LogP) is 2.81. The number of nitro groups is 1. The van der Waals surface area contributed by atoms with Crippen molar-refractivity contribution < 1.29 is 9.72 Å². The molecule has 1 amide bonds. The van der Waals surface area contributed by atoms with Gasteiger partial charge in [-0.05, 0) is 32.0 Å². The van der Waals surface area contributed by atoms with E-state index in [1.54, 1.807) is 32.0 Å². The summed E-state index contributed by atoms with van der Waals surface area (Å²) in [6, 6.07) is 7.17. The minimum atomic E-state index is -0.486. The Kier molecular flexibility index (Phi) is 4.37. The van der Waals surface area contributed by atoms with Crippen LogP contribution in [0.2, 0.25) is 0 Å². The van der Waals surface area contributed by atoms with Crippen molar-refractivity contribution in [1.82, 2.24) is 9.78 Å². The summed E-state index contributed by atoms with van der Waals surface area (Å²) in [7, 11) is 0. The Hall–Kier alpha value is -2.22. The second kappa shape index (κ2) is 6.04. The standard InChI is InChI=1S/C13H13BrN4O3/c1-8-13(18(20)21)9(2)17(16-8)7-12(19)15-11-5-3-4-10(14)6-11/h3-6H,7H2,1-2H3,(H,15,19). The zero-order valence-electron chi connectivity index (χ0n) is 11.5. The van der Waals surface area contributed by atoms with Crippen molar-refractivity contribution in [2.24, 2.45) is 0 Å². The van der Waals surface area contributed by atoms with E-state index in [0.717, 1.165) is 4.47 Å². The zero-order valence-corrected chi connectivity index (χ0v) is 13.0. The van der Waals surface area contributed by atoms with E-state index in [4.69, 9.17) is 0 Å². The van der Waals surface area contributed by atoms with Crippen molar-refractivity contribution in [3.63, 3.8) is 0 Å². The van der Waals surface area contributed by atoms with E-state index in [0.29, 0.717) is 17.1 Å². The third-order valence-electron chi connectivity index (χ3n) is 2.93. The molecule has 0 aliphatic heterocycles. The molecule has 0 aliphatic rings. The Morgan fingerprint density at radius 3 is 2.76 bits per heavy atom. The molecule has 2 rings (SSSR count). The SMILES string of the molecule is Cc1nn(CC(=O)Nc2cccc(Br)c2)c(C)c1[N+](=O)[O-]. The number of benzene rings is 1. The number of aryl methyl sites for hydroxylation is 1. The van der Waals surface area contributed by atoms with Crippen LogP contribution < -0.4 is 5.32 Å². The van der Waals surface area contributed by atoms with Crippen molar-refractivity contribution in [2.75, 3.05) is 5.32 Å². The first kappa shape index (κ1) is 15.2. The summed E-state index contributed by atoms with van der Waals surface area (Å²) in [6.45, 7) is 3.05. The number of amides is 1. The molecule has 7 nitrogen and oxygen atoms in total. The number of rotatable bonds is 4. The van der Waals surface area contributed by atoms with Crippen LogP contribution in [0.4, 0.5) is 11.4 Å². The van der Waals surface area contributed by atoms with E-state index >= 15 is 0 Å². The molecule has 110 valence electrons. The summed E-state index contributed by atoms with van der Waals surface area (Å²) >= 11 is 3.32. The van der Waals surface area contributed by atoms with Gasteiger partial charge < -0.3 is 5.32 Å². The molecule has 0 aliphatic carbocycles. The molecule has 1 heterocycles. The average molecular weight is 353 g/mol. The quantitative estimate of drug-likeness (QED) is 0.676. The maximum absolute atomic E-state index is 12.0. The van der Waals surface area contributed by atoms with Gasteiger partial charge in [-0.15, -0.1) is 0 Å². The molecule has 0 bridgehead atoms. The molecule has 0 saturated carbocycles. The number of hydrogen-bond donors (Lipinski definition) is 1. The fourth-order valence-corrected chi connectivity index (χ4v) is 2.41. The van der Waals surface area contributed by atoms with Crippen LogP contribution in [0.3, 0.4) is 0 Å². The molecule has 1 N–H and O–H groups in total. The van der Waals surface area contributed by atoms with Gasteiger partial charge in [-0.1, -0.05) is 22.0 Å². The number of aromatic nitrogens is 2. The predicted molar refractivity (Wildman–Crippen MR) is 81.1 cm³/mol. The number of nitrogens with zero attached hydrogens (tertiary/aromatic N) is 3. The second-order valence-corrected chi connectivity index (χ2v) is 5.41. The Bertz CT molecular complexity index is 711. The van der Waals surface area contributed by atoms with Gasteiger partial charge in [0.1, 0.15) is 17.9 Å². The van der Waals surface area contributed by atoms with Crippen molar-refractivity contribution in [3.8, 4) is 0 Å². The third kappa shape index (κ3) is 3.46. The average Bonchev–Trinajstić information content (AvgIpc) is 2.64. The fraction of sp³-hybridized carbons (Fsp3) is 0.231. The minimum Gasteiger partial charge on any atom is -0.324 e. The lowest BCUT2D eigenvalue weighted by Gasteiger charge is -2.06. The number of carbonyl (C=O) groups is 1. The summed E-state index contributed by atoms with van der Waals surface area (Å²) in [6.07, 6.45) is 0. The van der Waals surface area contributed by atoms with Gasteiger partial charge in [-0.25, -0.2) is 0 Å². The summed E-state index contributed by atoms with van der Waals surface area (Å²) in [5, 5.41) is 17.7. The molecule has 0 unspecified atom stereocenters. The summed E-state index contributed by atoms with van der Waals surface area (Å²) in [5.74, 6) is -0.298. The topological polar surface area (TPSA) is 90.1 Å². The zero-order chi connectivity index (χ0) is 15.6. The lowest BCUT2D eigenvalue weighted by Crippen LogP contribution is -2.20. The lowest BCUT2D eigenvalue weighted by molar-refractivity contribution is -0.386. The molecule has 8 heteroatoms. The molecule has 2 aromatic rings. The van der Waals surface area contributed by atoms with Crippen LogP contribution in [-0.2, 0) is 11.3 Å². The monoisotopic (exact) mass is 352 g/mol. The lowest BCUT2D eigenvalue weighted by atomic mass is 10.3. The first-order valence-corrected chi connectivity index (χ1v) is 6.91. The highest BCUT2D eigenvalue weighted by molar-refractivity contribution is 9.10. The summed E-state index contributed by atoms with van der Waals surface area (Å²) in [4.78, 5) is 22.4. The fourth-order valence-electron chi connectivity index (χ4n) is 2.01. The Labute approximate surface area is 129 Å². The highest BCUT2D eigenvalue weighted by atomic mass is 79.9. The molecular formula is C13H13BrN4O3. The molecule has 0 spiro atoms. The van der Waals surface area contributed by atoms with E-state index in [1.807, 2.05) is 6.07 Å². The van der Waals surface area contributed by atoms with Gasteiger partial charge >= 0.3 is 5.69 Å². The van der Waals surface area contributed by atoms with Crippen molar-refractivity contribution in [2.45, 2.75) is 20.4 Å². The summed E-state index contributed by atoms with van der Waals surface area (Å²) < 4.78 is 2.18. The molecule has 0 saturated heterocycles. The van der Waals surface area contributed by atoms with Crippen molar-refractivity contribution in [1.29, 1.82) is 0 Å². The van der Waals surface area contributed by atoms with Crippen LogP contribution in [0.15, 0.2) is 28.7 Å². The maximum atomic E-state index is 12.0. The van der Waals surface area contributed by atoms with E-state index < -0.39 is 4.92 Å². The van der Waals surface area contributed by atoms with E-state index in [-0.39, 0.29) is 18.1 Å². The Morgan fingerprint density at radius 2 is 2.19 bits per heavy atom. The Morgan fingerprint density at radius 1 is 1.48 bits per heavy atom. The maximum Gasteiger partial charge on any atom is 0.312 e. The largest absolute Gasteiger partial charge is 0.324 e. The van der Waals surface area contributed by atoms with Gasteiger partial charge in [-0.3, -0.25) is 19.6 Å². The highest BCUT2D eigenvalue weighted by Crippen LogP contribution is 2.22. The van der Waals surface area contributed by atoms with Gasteiger partial charge in [-0.2, -0.15) is 5.10 Å². The number of anilines is 1. The van der Waals surface area contributed by atoms with Gasteiger partial charge in [0.05, 0.1) is 4.92 Å². The molecule has 0 fully saturated rings. The summed E-state index contributed by atoms with van der Waals surface area (Å²) in [5.41, 5.74) is 1.25. The second-order valence-electron chi connectivity index (χ2n) is 4.49. The normalized spacial score (nSPS) is 10.4. The van der Waals surface area contributed by atoms with Crippen LogP contribution in [0.1, 0.15) is 11.4 Å². The first-order valence-electron chi connectivity index (χ1n) is 6.12. The van der Waals surface area contributed by atoms with E-state index in [1.165, 1.54) is 4.68 Å². The van der Waals surface area contributed by atoms with Gasteiger partial charge in [0.15, 0.2) is 0 Å². The molecule has 1 aromatic heterocycles. The van der Waals surface area contributed by atoms with Crippen LogP contribution in [0.5, 0.6) is 0 Å². The third-order valence-corrected chi connectivity index (χ3v) is 3.42. The molecule has 0 atom stereocenters.